The summed E-state index contributed by atoms with van der Waals surface area (Å²) in [7, 11) is 4.94. The van der Waals surface area contributed by atoms with Gasteiger partial charge in [-0.05, 0) is 44.9 Å². The standard InChI is InChI=1S/C19H38N2O/c1-20(11-5-3-6-12-20)15-16-22-17-18-9-8-14-21(2)13-7-4-10-19(18)21/h18-19H,3-17H2,1-2H3/q+2/t18-,19-,21-/m0/s1. The lowest BCUT2D eigenvalue weighted by atomic mass is 9.82. The highest BCUT2D eigenvalue weighted by atomic mass is 16.5. The number of rotatable bonds is 5. The maximum absolute atomic E-state index is 6.21. The summed E-state index contributed by atoms with van der Waals surface area (Å²) in [5, 5.41) is 0. The Morgan fingerprint density at radius 2 is 1.55 bits per heavy atom. The maximum Gasteiger partial charge on any atom is 0.102 e. The van der Waals surface area contributed by atoms with Crippen molar-refractivity contribution < 1.29 is 13.7 Å². The fraction of sp³-hybridized carbons (Fsp3) is 1.00. The molecule has 3 aliphatic rings. The van der Waals surface area contributed by atoms with E-state index in [1.807, 2.05) is 0 Å². The van der Waals surface area contributed by atoms with E-state index >= 15 is 0 Å². The molecule has 0 aliphatic carbocycles. The van der Waals surface area contributed by atoms with E-state index in [0.717, 1.165) is 25.2 Å². The van der Waals surface area contributed by atoms with Gasteiger partial charge in [0.05, 0.1) is 59.5 Å². The minimum atomic E-state index is 0.825. The predicted molar refractivity (Wildman–Crippen MR) is 91.7 cm³/mol. The first-order valence-corrected chi connectivity index (χ1v) is 9.87. The van der Waals surface area contributed by atoms with Crippen molar-refractivity contribution in [2.45, 2.75) is 57.4 Å². The van der Waals surface area contributed by atoms with Crippen molar-refractivity contribution in [2.24, 2.45) is 5.92 Å². The first-order valence-electron chi connectivity index (χ1n) is 9.87. The van der Waals surface area contributed by atoms with Gasteiger partial charge in [0.15, 0.2) is 0 Å². The summed E-state index contributed by atoms with van der Waals surface area (Å²) >= 11 is 0. The van der Waals surface area contributed by atoms with Crippen LogP contribution in [-0.4, -0.2) is 75.0 Å². The SMILES string of the molecule is C[N+]1(CCOC[C@@H]2CCC[N@+]3(C)CCCC[C@@H]23)CCCCC1. The van der Waals surface area contributed by atoms with Crippen LogP contribution in [0.25, 0.3) is 0 Å². The van der Waals surface area contributed by atoms with Crippen molar-refractivity contribution in [1.29, 1.82) is 0 Å². The first-order chi connectivity index (χ1) is 10.6. The van der Waals surface area contributed by atoms with Crippen LogP contribution >= 0.6 is 0 Å². The third kappa shape index (κ3) is 3.85. The first kappa shape index (κ1) is 16.7. The highest BCUT2D eigenvalue weighted by molar-refractivity contribution is 4.78. The molecule has 3 atom stereocenters. The molecule has 0 N–H and O–H groups in total. The Morgan fingerprint density at radius 3 is 2.36 bits per heavy atom. The fourth-order valence-corrected chi connectivity index (χ4v) is 5.45. The van der Waals surface area contributed by atoms with E-state index in [4.69, 9.17) is 4.74 Å². The number of hydrogen-bond donors (Lipinski definition) is 0. The Bertz CT molecular complexity index is 349. The van der Waals surface area contributed by atoms with Gasteiger partial charge in [-0.2, -0.15) is 0 Å². The molecule has 0 unspecified atom stereocenters. The molecule has 0 amide bonds. The number of piperidine rings is 3. The molecule has 3 aliphatic heterocycles. The van der Waals surface area contributed by atoms with Crippen LogP contribution in [0.1, 0.15) is 51.4 Å². The van der Waals surface area contributed by atoms with Crippen LogP contribution in [0.4, 0.5) is 0 Å². The second-order valence-electron chi connectivity index (χ2n) is 8.82. The van der Waals surface area contributed by atoms with Gasteiger partial charge in [-0.15, -0.1) is 0 Å². The second kappa shape index (κ2) is 7.19. The summed E-state index contributed by atoms with van der Waals surface area (Å²) in [5.74, 6) is 0.825. The molecule has 3 heteroatoms. The van der Waals surface area contributed by atoms with Crippen LogP contribution in [0.2, 0.25) is 0 Å². The van der Waals surface area contributed by atoms with E-state index in [1.54, 1.807) is 0 Å². The Kier molecular flexibility index (Phi) is 5.47. The molecule has 0 radical (unpaired) electrons. The number of likely N-dealkylation sites (tertiary alicyclic amines) is 1. The molecule has 0 aromatic heterocycles. The normalized spacial score (nSPS) is 38.5. The van der Waals surface area contributed by atoms with Gasteiger partial charge in [0.1, 0.15) is 6.54 Å². The average molecular weight is 311 g/mol. The van der Waals surface area contributed by atoms with Gasteiger partial charge in [-0.1, -0.05) is 0 Å². The van der Waals surface area contributed by atoms with E-state index in [-0.39, 0.29) is 0 Å². The summed E-state index contributed by atoms with van der Waals surface area (Å²) in [4.78, 5) is 0. The molecule has 3 nitrogen and oxygen atoms in total. The summed E-state index contributed by atoms with van der Waals surface area (Å²) < 4.78 is 8.81. The van der Waals surface area contributed by atoms with Crippen LogP contribution in [0.5, 0.6) is 0 Å². The fourth-order valence-electron chi connectivity index (χ4n) is 5.45. The summed E-state index contributed by atoms with van der Waals surface area (Å²) in [6, 6.07) is 0.891. The van der Waals surface area contributed by atoms with Gasteiger partial charge in [0, 0.05) is 12.3 Å². The highest BCUT2D eigenvalue weighted by Crippen LogP contribution is 2.36. The topological polar surface area (TPSA) is 9.23 Å². The molecule has 0 spiro atoms. The zero-order valence-corrected chi connectivity index (χ0v) is 15.1. The largest absolute Gasteiger partial charge is 0.375 e. The van der Waals surface area contributed by atoms with Gasteiger partial charge in [0.25, 0.3) is 0 Å². The molecule has 22 heavy (non-hydrogen) atoms. The third-order valence-electron chi connectivity index (χ3n) is 7.01. The second-order valence-corrected chi connectivity index (χ2v) is 8.82. The smallest absolute Gasteiger partial charge is 0.102 e. The molecule has 3 saturated heterocycles. The zero-order chi connectivity index (χ0) is 15.5. The molecular formula is C19H38N2O+2. The van der Waals surface area contributed by atoms with Crippen molar-refractivity contribution in [1.82, 2.24) is 0 Å². The zero-order valence-electron chi connectivity index (χ0n) is 15.1. The van der Waals surface area contributed by atoms with E-state index in [2.05, 4.69) is 14.1 Å². The van der Waals surface area contributed by atoms with E-state index in [1.165, 1.54) is 93.1 Å². The summed E-state index contributed by atoms with van der Waals surface area (Å²) in [5.41, 5.74) is 0. The number of quaternary nitrogens is 2. The molecule has 0 saturated carbocycles. The lowest BCUT2D eigenvalue weighted by molar-refractivity contribution is -0.947. The molecule has 0 aromatic carbocycles. The number of nitrogens with zero attached hydrogens (tertiary/aromatic N) is 2. The van der Waals surface area contributed by atoms with E-state index in [0.29, 0.717) is 0 Å². The van der Waals surface area contributed by atoms with Gasteiger partial charge in [0.2, 0.25) is 0 Å². The molecule has 0 aromatic rings. The van der Waals surface area contributed by atoms with Crippen LogP contribution in [-0.2, 0) is 4.74 Å². The lowest BCUT2D eigenvalue weighted by Crippen LogP contribution is -2.61. The Labute approximate surface area is 137 Å². The monoisotopic (exact) mass is 310 g/mol. The van der Waals surface area contributed by atoms with E-state index in [9.17, 15) is 0 Å². The third-order valence-corrected chi connectivity index (χ3v) is 7.01. The van der Waals surface area contributed by atoms with Crippen LogP contribution in [0, 0.1) is 5.92 Å². The number of hydrogen-bond acceptors (Lipinski definition) is 1. The summed E-state index contributed by atoms with van der Waals surface area (Å²) in [6.07, 6.45) is 11.4. The number of likely N-dealkylation sites (N-methyl/N-ethyl adjacent to an activating group) is 1. The predicted octanol–water partition coefficient (Wildman–Crippen LogP) is 3.04. The quantitative estimate of drug-likeness (QED) is 0.560. The number of fused-ring (bicyclic) bond motifs is 1. The van der Waals surface area contributed by atoms with Crippen molar-refractivity contribution >= 4 is 0 Å². The molecule has 128 valence electrons. The van der Waals surface area contributed by atoms with Crippen molar-refractivity contribution in [2.75, 3.05) is 60.0 Å². The van der Waals surface area contributed by atoms with Gasteiger partial charge < -0.3 is 13.7 Å². The highest BCUT2D eigenvalue weighted by Gasteiger charge is 2.43. The average Bonchev–Trinajstić information content (AvgIpc) is 2.51. The van der Waals surface area contributed by atoms with Crippen LogP contribution < -0.4 is 0 Å². The van der Waals surface area contributed by atoms with Gasteiger partial charge in [-0.3, -0.25) is 0 Å². The number of ether oxygens (including phenoxy) is 1. The van der Waals surface area contributed by atoms with Crippen LogP contribution in [0.15, 0.2) is 0 Å². The molecular weight excluding hydrogens is 272 g/mol. The Morgan fingerprint density at radius 1 is 0.818 bits per heavy atom. The van der Waals surface area contributed by atoms with Crippen LogP contribution in [0.3, 0.4) is 0 Å². The maximum atomic E-state index is 6.21. The summed E-state index contributed by atoms with van der Waals surface area (Å²) in [6.45, 7) is 8.78. The Balaban J connectivity index is 1.43. The minimum absolute atomic E-state index is 0.825. The van der Waals surface area contributed by atoms with Crippen molar-refractivity contribution in [3.05, 3.63) is 0 Å². The van der Waals surface area contributed by atoms with E-state index < -0.39 is 0 Å². The lowest BCUT2D eigenvalue weighted by Gasteiger charge is -2.51. The van der Waals surface area contributed by atoms with Gasteiger partial charge in [-0.25, -0.2) is 0 Å². The van der Waals surface area contributed by atoms with Crippen molar-refractivity contribution in [3.63, 3.8) is 0 Å². The molecule has 3 fully saturated rings. The Hall–Kier alpha value is -0.120. The minimum Gasteiger partial charge on any atom is -0.375 e. The molecule has 0 bridgehead atoms. The van der Waals surface area contributed by atoms with Gasteiger partial charge >= 0.3 is 0 Å². The van der Waals surface area contributed by atoms with Crippen molar-refractivity contribution in [3.8, 4) is 0 Å². The molecule has 3 rings (SSSR count). The molecule has 3 heterocycles.